The number of carbonyl (C=O) groups is 1. The average molecular weight is 274 g/mol. The van der Waals surface area contributed by atoms with Crippen molar-refractivity contribution in [1.29, 1.82) is 0 Å². The van der Waals surface area contributed by atoms with Gasteiger partial charge in [0.2, 0.25) is 0 Å². The molecule has 0 saturated carbocycles. The van der Waals surface area contributed by atoms with Gasteiger partial charge in [0.1, 0.15) is 0 Å². The van der Waals surface area contributed by atoms with E-state index >= 15 is 0 Å². The van der Waals surface area contributed by atoms with Crippen LogP contribution in [0.15, 0.2) is 18.2 Å². The number of hydrogen-bond donors (Lipinski definition) is 1. The molecular weight excluding hydrogens is 257 g/mol. The molecule has 1 aromatic rings. The van der Waals surface area contributed by atoms with E-state index in [1.807, 2.05) is 0 Å². The number of benzene rings is 1. The second-order valence-corrected chi connectivity index (χ2v) is 4.92. The van der Waals surface area contributed by atoms with Gasteiger partial charge in [0, 0.05) is 22.5 Å². The predicted molar refractivity (Wildman–Crippen MR) is 72.9 cm³/mol. The molecule has 0 heterocycles. The Hall–Kier alpha value is -0.570. The number of halogens is 2. The molecule has 1 aromatic carbocycles. The smallest absolute Gasteiger partial charge is 0.151 e. The van der Waals surface area contributed by atoms with Gasteiger partial charge in [-0.1, -0.05) is 36.2 Å². The lowest BCUT2D eigenvalue weighted by atomic mass is 10.1. The van der Waals surface area contributed by atoms with Gasteiger partial charge in [-0.05, 0) is 31.0 Å². The molecule has 94 valence electrons. The summed E-state index contributed by atoms with van der Waals surface area (Å²) < 4.78 is 0. The third kappa shape index (κ3) is 4.66. The van der Waals surface area contributed by atoms with Crippen LogP contribution in [0.3, 0.4) is 0 Å². The van der Waals surface area contributed by atoms with Crippen molar-refractivity contribution in [1.82, 2.24) is 5.32 Å². The Morgan fingerprint density at radius 2 is 1.94 bits per heavy atom. The molecule has 0 fully saturated rings. The Morgan fingerprint density at radius 1 is 1.35 bits per heavy atom. The first-order chi connectivity index (χ1) is 8.04. The van der Waals surface area contributed by atoms with Gasteiger partial charge in [-0.3, -0.25) is 4.79 Å². The van der Waals surface area contributed by atoms with Crippen LogP contribution in [-0.2, 0) is 11.2 Å². The normalized spacial score (nSPS) is 12.5. The fraction of sp³-hybridized carbons (Fsp3) is 0.462. The van der Waals surface area contributed by atoms with Crippen molar-refractivity contribution in [2.45, 2.75) is 32.7 Å². The zero-order valence-electron chi connectivity index (χ0n) is 10.1. The average Bonchev–Trinajstić information content (AvgIpc) is 2.31. The minimum atomic E-state index is 0.0975. The Balaban J connectivity index is 2.56. The van der Waals surface area contributed by atoms with Crippen molar-refractivity contribution in [3.63, 3.8) is 0 Å². The Bertz CT molecular complexity index is 373. The van der Waals surface area contributed by atoms with Crippen LogP contribution in [0.2, 0.25) is 10.0 Å². The summed E-state index contributed by atoms with van der Waals surface area (Å²) >= 11 is 12.0. The monoisotopic (exact) mass is 273 g/mol. The topological polar surface area (TPSA) is 29.1 Å². The second-order valence-electron chi connectivity index (χ2n) is 4.11. The van der Waals surface area contributed by atoms with Crippen molar-refractivity contribution in [3.8, 4) is 0 Å². The van der Waals surface area contributed by atoms with Crippen LogP contribution in [0.4, 0.5) is 0 Å². The molecule has 1 atom stereocenters. The first kappa shape index (κ1) is 14.5. The van der Waals surface area contributed by atoms with E-state index in [9.17, 15) is 4.79 Å². The van der Waals surface area contributed by atoms with E-state index in [0.717, 1.165) is 6.42 Å². The minimum absolute atomic E-state index is 0.0975. The molecule has 0 aliphatic heterocycles. The van der Waals surface area contributed by atoms with E-state index in [1.54, 1.807) is 18.2 Å². The Kier molecular flexibility index (Phi) is 5.96. The van der Waals surface area contributed by atoms with Crippen LogP contribution in [0.1, 0.15) is 25.8 Å². The van der Waals surface area contributed by atoms with Gasteiger partial charge < -0.3 is 5.32 Å². The van der Waals surface area contributed by atoms with Gasteiger partial charge >= 0.3 is 0 Å². The highest BCUT2D eigenvalue weighted by Crippen LogP contribution is 2.24. The number of rotatable bonds is 6. The van der Waals surface area contributed by atoms with Crippen LogP contribution < -0.4 is 5.32 Å². The van der Waals surface area contributed by atoms with E-state index in [2.05, 4.69) is 19.2 Å². The lowest BCUT2D eigenvalue weighted by molar-refractivity contribution is -0.117. The van der Waals surface area contributed by atoms with Gasteiger partial charge in [0.05, 0.1) is 6.54 Å². The molecule has 4 heteroatoms. The molecular formula is C13H17Cl2NO. The highest BCUT2D eigenvalue weighted by Gasteiger charge is 2.11. The van der Waals surface area contributed by atoms with Crippen LogP contribution >= 0.6 is 23.2 Å². The van der Waals surface area contributed by atoms with Crippen molar-refractivity contribution < 1.29 is 4.79 Å². The van der Waals surface area contributed by atoms with Crippen LogP contribution in [-0.4, -0.2) is 18.4 Å². The summed E-state index contributed by atoms with van der Waals surface area (Å²) in [5, 5.41) is 4.26. The summed E-state index contributed by atoms with van der Waals surface area (Å²) in [7, 11) is 0. The second kappa shape index (κ2) is 7.00. The standard InChI is InChI=1S/C13H17Cl2NO/c1-3-9(2)16-8-10(17)7-11-12(14)5-4-6-13(11)15/h4-6,9,16H,3,7-8H2,1-2H3. The molecule has 1 rings (SSSR count). The summed E-state index contributed by atoms with van der Waals surface area (Å²) in [5.74, 6) is 0.0975. The molecule has 0 aliphatic rings. The summed E-state index contributed by atoms with van der Waals surface area (Å²) in [5.41, 5.74) is 0.715. The number of carbonyl (C=O) groups excluding carboxylic acids is 1. The van der Waals surface area contributed by atoms with Crippen LogP contribution in [0.5, 0.6) is 0 Å². The Labute approximate surface area is 112 Å². The maximum absolute atomic E-state index is 11.8. The van der Waals surface area contributed by atoms with Gasteiger partial charge in [-0.15, -0.1) is 0 Å². The number of ketones is 1. The van der Waals surface area contributed by atoms with Crippen molar-refractivity contribution in [2.24, 2.45) is 0 Å². The van der Waals surface area contributed by atoms with Crippen molar-refractivity contribution in [2.75, 3.05) is 6.54 Å². The molecule has 1 unspecified atom stereocenters. The zero-order chi connectivity index (χ0) is 12.8. The van der Waals surface area contributed by atoms with E-state index in [1.165, 1.54) is 0 Å². The number of Topliss-reactive ketones (excluding diaryl/α,β-unsaturated/α-hetero) is 1. The fourth-order valence-electron chi connectivity index (χ4n) is 1.39. The fourth-order valence-corrected chi connectivity index (χ4v) is 1.92. The molecule has 0 amide bonds. The first-order valence-electron chi connectivity index (χ1n) is 5.72. The van der Waals surface area contributed by atoms with Crippen molar-refractivity contribution >= 4 is 29.0 Å². The summed E-state index contributed by atoms with van der Waals surface area (Å²) in [6.07, 6.45) is 1.28. The van der Waals surface area contributed by atoms with Gasteiger partial charge in [-0.25, -0.2) is 0 Å². The third-order valence-electron chi connectivity index (χ3n) is 2.70. The molecule has 0 spiro atoms. The van der Waals surface area contributed by atoms with Gasteiger partial charge in [0.15, 0.2) is 5.78 Å². The van der Waals surface area contributed by atoms with Crippen LogP contribution in [0.25, 0.3) is 0 Å². The highest BCUT2D eigenvalue weighted by molar-refractivity contribution is 6.36. The largest absolute Gasteiger partial charge is 0.307 e. The molecule has 0 bridgehead atoms. The van der Waals surface area contributed by atoms with Crippen LogP contribution in [0, 0.1) is 0 Å². The molecule has 0 aromatic heterocycles. The first-order valence-corrected chi connectivity index (χ1v) is 6.48. The lowest BCUT2D eigenvalue weighted by Crippen LogP contribution is -2.31. The third-order valence-corrected chi connectivity index (χ3v) is 3.40. The predicted octanol–water partition coefficient (Wildman–Crippen LogP) is 3.49. The maximum atomic E-state index is 11.8. The van der Waals surface area contributed by atoms with Crippen molar-refractivity contribution in [3.05, 3.63) is 33.8 Å². The lowest BCUT2D eigenvalue weighted by Gasteiger charge is -2.11. The summed E-state index contributed by atoms with van der Waals surface area (Å²) in [4.78, 5) is 11.8. The number of hydrogen-bond acceptors (Lipinski definition) is 2. The molecule has 0 aliphatic carbocycles. The highest BCUT2D eigenvalue weighted by atomic mass is 35.5. The molecule has 17 heavy (non-hydrogen) atoms. The Morgan fingerprint density at radius 3 is 2.47 bits per heavy atom. The van der Waals surface area contributed by atoms with E-state index < -0.39 is 0 Å². The van der Waals surface area contributed by atoms with E-state index in [-0.39, 0.29) is 12.2 Å². The number of nitrogens with one attached hydrogen (secondary N) is 1. The molecule has 0 saturated heterocycles. The summed E-state index contributed by atoms with van der Waals surface area (Å²) in [6.45, 7) is 4.49. The maximum Gasteiger partial charge on any atom is 0.151 e. The molecule has 2 nitrogen and oxygen atoms in total. The SMILES string of the molecule is CCC(C)NCC(=O)Cc1c(Cl)cccc1Cl. The molecule has 0 radical (unpaired) electrons. The summed E-state index contributed by atoms with van der Waals surface area (Å²) in [6, 6.07) is 5.62. The van der Waals surface area contributed by atoms with E-state index in [0.29, 0.717) is 28.2 Å². The van der Waals surface area contributed by atoms with Gasteiger partial charge in [-0.2, -0.15) is 0 Å². The van der Waals surface area contributed by atoms with E-state index in [4.69, 9.17) is 23.2 Å². The zero-order valence-corrected chi connectivity index (χ0v) is 11.6. The quantitative estimate of drug-likeness (QED) is 0.860. The minimum Gasteiger partial charge on any atom is -0.307 e. The van der Waals surface area contributed by atoms with Gasteiger partial charge in [0.25, 0.3) is 0 Å². The molecule has 1 N–H and O–H groups in total.